The second-order valence-electron chi connectivity index (χ2n) is 0. The standard InChI is InChI=1S/4HI.H3N.Na/h4*1H;1H3;/q;;;;;+1/p-1. The first-order chi connectivity index (χ1) is 0. The van der Waals surface area contributed by atoms with Gasteiger partial charge >= 0.3 is 29.6 Å². The van der Waals surface area contributed by atoms with Crippen molar-refractivity contribution in [2.75, 3.05) is 0 Å². The largest absolute Gasteiger partial charge is 1.00 e. The second-order valence-corrected chi connectivity index (χ2v) is 0. The van der Waals surface area contributed by atoms with Crippen LogP contribution in [0.1, 0.15) is 0 Å². The molecular formula is H6I4NNa. The Hall–Kier alpha value is 3.88. The van der Waals surface area contributed by atoms with E-state index in [0.717, 1.165) is 0 Å². The molecule has 0 atom stereocenters. The normalized spacial score (nSPS) is 0. The molecule has 3 N–H and O–H groups in total. The van der Waals surface area contributed by atoms with E-state index in [9.17, 15) is 0 Å². The van der Waals surface area contributed by atoms with E-state index in [4.69, 9.17) is 0 Å². The van der Waals surface area contributed by atoms with Crippen LogP contribution in [0.15, 0.2) is 0 Å². The van der Waals surface area contributed by atoms with E-state index in [1.165, 1.54) is 0 Å². The summed E-state index contributed by atoms with van der Waals surface area (Å²) in [6, 6.07) is 0. The van der Waals surface area contributed by atoms with Gasteiger partial charge in [-0.25, -0.2) is 0 Å². The first-order valence-electron chi connectivity index (χ1n) is 0. The number of halogens is 4. The maximum atomic E-state index is 0. The molecule has 0 aliphatic rings. The SMILES string of the molecule is I.I.I.N.[I-].[Na+]. The van der Waals surface area contributed by atoms with Crippen molar-refractivity contribution in [1.82, 2.24) is 6.15 Å². The molecule has 40 valence electrons. The average molecular weight is 551 g/mol. The molecule has 6 heavy (non-hydrogen) atoms. The van der Waals surface area contributed by atoms with Gasteiger partial charge in [0.05, 0.1) is 0 Å². The fraction of sp³-hybridized carbons (Fsp3) is 0. The molecule has 0 aromatic heterocycles. The fourth-order valence-electron chi connectivity index (χ4n) is 0. The van der Waals surface area contributed by atoms with E-state index >= 15 is 0 Å². The van der Waals surface area contributed by atoms with Gasteiger partial charge in [0.2, 0.25) is 0 Å². The summed E-state index contributed by atoms with van der Waals surface area (Å²) in [7, 11) is 0. The van der Waals surface area contributed by atoms with Gasteiger partial charge in [-0.1, -0.05) is 0 Å². The van der Waals surface area contributed by atoms with E-state index in [1.54, 1.807) is 0 Å². The molecule has 0 bridgehead atoms. The Morgan fingerprint density at radius 1 is 0.667 bits per heavy atom. The van der Waals surface area contributed by atoms with Crippen molar-refractivity contribution in [2.24, 2.45) is 0 Å². The summed E-state index contributed by atoms with van der Waals surface area (Å²) in [5.41, 5.74) is 0. The van der Waals surface area contributed by atoms with Crippen LogP contribution in [0.4, 0.5) is 0 Å². The van der Waals surface area contributed by atoms with E-state index < -0.39 is 0 Å². The molecule has 0 aliphatic heterocycles. The maximum Gasteiger partial charge on any atom is 1.00 e. The van der Waals surface area contributed by atoms with E-state index in [0.29, 0.717) is 0 Å². The Morgan fingerprint density at radius 3 is 0.667 bits per heavy atom. The fourth-order valence-corrected chi connectivity index (χ4v) is 0. The molecule has 1 nitrogen and oxygen atoms in total. The number of hydrogen-bond donors (Lipinski definition) is 1. The van der Waals surface area contributed by atoms with Crippen LogP contribution in [0.5, 0.6) is 0 Å². The van der Waals surface area contributed by atoms with Crippen molar-refractivity contribution in [3.8, 4) is 0 Å². The number of hydrogen-bond acceptors (Lipinski definition) is 1. The monoisotopic (exact) mass is 551 g/mol. The average Bonchev–Trinajstić information content (AvgIpc) is 0. The zero-order chi connectivity index (χ0) is 0. The van der Waals surface area contributed by atoms with Crippen LogP contribution >= 0.6 is 71.9 Å². The Morgan fingerprint density at radius 2 is 0.667 bits per heavy atom. The molecule has 0 fully saturated rings. The third kappa shape index (κ3) is 24.8. The Labute approximate surface area is 128 Å². The summed E-state index contributed by atoms with van der Waals surface area (Å²) >= 11 is 0. The van der Waals surface area contributed by atoms with Gasteiger partial charge < -0.3 is 30.1 Å². The van der Waals surface area contributed by atoms with Crippen LogP contribution in [0, 0.1) is 0 Å². The summed E-state index contributed by atoms with van der Waals surface area (Å²) in [6.45, 7) is 0. The molecule has 0 amide bonds. The third-order valence-corrected chi connectivity index (χ3v) is 0. The predicted octanol–water partition coefficient (Wildman–Crippen LogP) is -3.98. The Balaban J connectivity index is 0. The van der Waals surface area contributed by atoms with Crippen molar-refractivity contribution < 1.29 is 53.5 Å². The molecule has 6 heteroatoms. The summed E-state index contributed by atoms with van der Waals surface area (Å²) in [4.78, 5) is 0. The summed E-state index contributed by atoms with van der Waals surface area (Å²) in [6.07, 6.45) is 0. The van der Waals surface area contributed by atoms with Gasteiger partial charge in [-0.15, -0.1) is 71.9 Å². The molecule has 0 saturated heterocycles. The van der Waals surface area contributed by atoms with Crippen molar-refractivity contribution >= 4 is 71.9 Å². The van der Waals surface area contributed by atoms with Crippen LogP contribution in [-0.2, 0) is 0 Å². The molecule has 0 radical (unpaired) electrons. The Kier molecular flexibility index (Phi) is 316. The molecular weight excluding hydrogens is 545 g/mol. The van der Waals surface area contributed by atoms with Crippen molar-refractivity contribution in [3.05, 3.63) is 0 Å². The summed E-state index contributed by atoms with van der Waals surface area (Å²) in [5, 5.41) is 0. The first kappa shape index (κ1) is 51.8. The summed E-state index contributed by atoms with van der Waals surface area (Å²) < 4.78 is 0. The van der Waals surface area contributed by atoms with Crippen LogP contribution in [0.2, 0.25) is 0 Å². The first-order valence-corrected chi connectivity index (χ1v) is 0. The molecule has 0 spiro atoms. The van der Waals surface area contributed by atoms with Gasteiger partial charge in [0.1, 0.15) is 0 Å². The van der Waals surface area contributed by atoms with Crippen molar-refractivity contribution in [1.29, 1.82) is 0 Å². The smallest absolute Gasteiger partial charge is 1.00 e. The van der Waals surface area contributed by atoms with Gasteiger partial charge in [0, 0.05) is 0 Å². The third-order valence-electron chi connectivity index (χ3n) is 0. The maximum absolute atomic E-state index is 0. The van der Waals surface area contributed by atoms with Crippen molar-refractivity contribution in [3.63, 3.8) is 0 Å². The van der Waals surface area contributed by atoms with Gasteiger partial charge in [-0.05, 0) is 0 Å². The van der Waals surface area contributed by atoms with E-state index in [2.05, 4.69) is 0 Å². The molecule has 0 aromatic rings. The minimum absolute atomic E-state index is 0. The van der Waals surface area contributed by atoms with Gasteiger partial charge in [-0.3, -0.25) is 0 Å². The van der Waals surface area contributed by atoms with Gasteiger partial charge in [0.25, 0.3) is 0 Å². The van der Waals surface area contributed by atoms with Crippen molar-refractivity contribution in [2.45, 2.75) is 0 Å². The molecule has 0 heterocycles. The molecule has 0 saturated carbocycles. The topological polar surface area (TPSA) is 35.0 Å². The zero-order valence-electron chi connectivity index (χ0n) is 3.31. The van der Waals surface area contributed by atoms with E-state index in [1.807, 2.05) is 0 Å². The van der Waals surface area contributed by atoms with Crippen LogP contribution < -0.4 is 59.7 Å². The molecule has 0 aromatic carbocycles. The second kappa shape index (κ2) is 36.6. The molecule has 0 rings (SSSR count). The molecule has 0 unspecified atom stereocenters. The van der Waals surface area contributed by atoms with Crippen LogP contribution in [0.3, 0.4) is 0 Å². The Bertz CT molecular complexity index is 7.51. The van der Waals surface area contributed by atoms with Gasteiger partial charge in [-0.2, -0.15) is 0 Å². The number of rotatable bonds is 0. The zero-order valence-corrected chi connectivity index (χ0v) is 14.5. The minimum Gasteiger partial charge on any atom is -1.00 e. The van der Waals surface area contributed by atoms with Crippen LogP contribution in [0.25, 0.3) is 0 Å². The van der Waals surface area contributed by atoms with Crippen LogP contribution in [-0.4, -0.2) is 0 Å². The van der Waals surface area contributed by atoms with Gasteiger partial charge in [0.15, 0.2) is 0 Å². The van der Waals surface area contributed by atoms with E-state index in [-0.39, 0.29) is 132 Å². The quantitative estimate of drug-likeness (QED) is 0.243. The predicted molar refractivity (Wildman–Crippen MR) is 51.3 cm³/mol. The minimum atomic E-state index is 0. The molecule has 0 aliphatic carbocycles. The summed E-state index contributed by atoms with van der Waals surface area (Å²) in [5.74, 6) is 0.